The Morgan fingerprint density at radius 2 is 1.68 bits per heavy atom. The van der Waals surface area contributed by atoms with Crippen molar-refractivity contribution < 1.29 is 39.3 Å². The Hall–Kier alpha value is -3.82. The van der Waals surface area contributed by atoms with Crippen molar-refractivity contribution in [3.63, 3.8) is 0 Å². The molecule has 2 rings (SSSR count). The summed E-state index contributed by atoms with van der Waals surface area (Å²) in [7, 11) is 0. The van der Waals surface area contributed by atoms with E-state index in [4.69, 9.17) is 10.2 Å². The predicted molar refractivity (Wildman–Crippen MR) is 80.0 cm³/mol. The van der Waals surface area contributed by atoms with Crippen LogP contribution in [0.2, 0.25) is 0 Å². The number of hydrogen-bond acceptors (Lipinski definition) is 7. The minimum Gasteiger partial charge on any atom is -0.478 e. The summed E-state index contributed by atoms with van der Waals surface area (Å²) in [5.74, 6) is -6.92. The molecular formula is C15H10N2O8. The van der Waals surface area contributed by atoms with Crippen LogP contribution in [-0.4, -0.2) is 49.8 Å². The van der Waals surface area contributed by atoms with E-state index in [1.54, 1.807) is 0 Å². The van der Waals surface area contributed by atoms with E-state index in [1.807, 2.05) is 0 Å². The zero-order chi connectivity index (χ0) is 19.0. The van der Waals surface area contributed by atoms with Gasteiger partial charge in [-0.25, -0.2) is 19.4 Å². The molecule has 0 radical (unpaired) electrons. The standard InChI is InChI=1S/C15H10N2O8/c1-4-9(16-5(2)13(20)21)8-6(14(22)23)3-7(15(24)25)17-10(8)12(19)11(4)18/h3,16H,2H2,1H3,(H,20,21)(H,22,23)(H,24,25). The molecule has 10 heteroatoms. The Kier molecular flexibility index (Phi) is 4.21. The van der Waals surface area contributed by atoms with E-state index in [0.717, 1.165) is 0 Å². The van der Waals surface area contributed by atoms with Gasteiger partial charge in [-0.05, 0) is 13.0 Å². The van der Waals surface area contributed by atoms with E-state index in [1.165, 1.54) is 6.92 Å². The molecule has 128 valence electrons. The third kappa shape index (κ3) is 2.87. The van der Waals surface area contributed by atoms with Gasteiger partial charge in [0.25, 0.3) is 5.78 Å². The molecule has 1 aromatic rings. The molecule has 0 aliphatic heterocycles. The van der Waals surface area contributed by atoms with Crippen LogP contribution in [0.4, 0.5) is 0 Å². The SMILES string of the molecule is C=C(NC1=C(C)C(=O)C(=O)c2nc(C(=O)O)cc(C(=O)O)c21)C(=O)O. The number of ketones is 2. The van der Waals surface area contributed by atoms with Gasteiger partial charge in [-0.1, -0.05) is 6.58 Å². The van der Waals surface area contributed by atoms with Gasteiger partial charge in [0, 0.05) is 11.1 Å². The number of nitrogens with one attached hydrogen (secondary N) is 1. The molecule has 0 atom stereocenters. The molecule has 10 nitrogen and oxygen atoms in total. The van der Waals surface area contributed by atoms with Crippen LogP contribution in [0.25, 0.3) is 5.70 Å². The second kappa shape index (κ2) is 6.00. The Morgan fingerprint density at radius 3 is 2.16 bits per heavy atom. The van der Waals surface area contributed by atoms with Gasteiger partial charge < -0.3 is 20.6 Å². The number of aromatic nitrogens is 1. The van der Waals surface area contributed by atoms with Crippen LogP contribution >= 0.6 is 0 Å². The summed E-state index contributed by atoms with van der Waals surface area (Å²) < 4.78 is 0. The number of aromatic carboxylic acids is 2. The predicted octanol–water partition coefficient (Wildman–Crippen LogP) is 0.162. The zero-order valence-electron chi connectivity index (χ0n) is 12.6. The van der Waals surface area contributed by atoms with Crippen molar-refractivity contribution in [1.29, 1.82) is 0 Å². The molecule has 1 heterocycles. The van der Waals surface area contributed by atoms with Gasteiger partial charge in [-0.15, -0.1) is 0 Å². The lowest BCUT2D eigenvalue weighted by Crippen LogP contribution is -2.32. The molecule has 1 aliphatic rings. The summed E-state index contributed by atoms with van der Waals surface area (Å²) in [6.45, 7) is 4.41. The molecule has 1 aliphatic carbocycles. The monoisotopic (exact) mass is 346 g/mol. The summed E-state index contributed by atoms with van der Waals surface area (Å²) in [5, 5.41) is 29.5. The average molecular weight is 346 g/mol. The lowest BCUT2D eigenvalue weighted by Gasteiger charge is -2.22. The third-order valence-corrected chi connectivity index (χ3v) is 3.39. The maximum Gasteiger partial charge on any atom is 0.354 e. The molecule has 0 spiro atoms. The first-order valence-corrected chi connectivity index (χ1v) is 6.57. The highest BCUT2D eigenvalue weighted by Gasteiger charge is 2.36. The van der Waals surface area contributed by atoms with Gasteiger partial charge in [0.2, 0.25) is 5.78 Å². The first kappa shape index (κ1) is 17.5. The second-order valence-electron chi connectivity index (χ2n) is 4.96. The number of Topliss-reactive ketones (excluding diaryl/α,β-unsaturated/α-hetero) is 2. The number of fused-ring (bicyclic) bond motifs is 1. The van der Waals surface area contributed by atoms with Crippen LogP contribution in [0, 0.1) is 0 Å². The molecule has 0 bridgehead atoms. The Balaban J connectivity index is 2.86. The molecule has 0 fully saturated rings. The molecular weight excluding hydrogens is 336 g/mol. The van der Waals surface area contributed by atoms with Crippen molar-refractivity contribution >= 4 is 35.2 Å². The number of carboxylic acids is 3. The Bertz CT molecular complexity index is 926. The molecule has 0 saturated carbocycles. The fourth-order valence-corrected chi connectivity index (χ4v) is 2.18. The number of allylic oxidation sites excluding steroid dienone is 1. The number of nitrogens with zero attached hydrogens (tertiary/aromatic N) is 1. The van der Waals surface area contributed by atoms with E-state index in [9.17, 15) is 29.1 Å². The number of pyridine rings is 1. The lowest BCUT2D eigenvalue weighted by atomic mass is 9.88. The van der Waals surface area contributed by atoms with Crippen LogP contribution in [0.1, 0.15) is 43.8 Å². The summed E-state index contributed by atoms with van der Waals surface area (Å²) in [6.07, 6.45) is 0. The second-order valence-corrected chi connectivity index (χ2v) is 4.96. The zero-order valence-corrected chi connectivity index (χ0v) is 12.6. The highest BCUT2D eigenvalue weighted by Crippen LogP contribution is 2.31. The third-order valence-electron chi connectivity index (χ3n) is 3.39. The van der Waals surface area contributed by atoms with E-state index in [-0.39, 0.29) is 16.8 Å². The number of rotatable bonds is 5. The van der Waals surface area contributed by atoms with E-state index >= 15 is 0 Å². The fourth-order valence-electron chi connectivity index (χ4n) is 2.18. The van der Waals surface area contributed by atoms with Crippen LogP contribution in [0.15, 0.2) is 23.9 Å². The molecule has 25 heavy (non-hydrogen) atoms. The highest BCUT2D eigenvalue weighted by molar-refractivity contribution is 6.52. The van der Waals surface area contributed by atoms with Crippen molar-refractivity contribution in [2.75, 3.05) is 0 Å². The van der Waals surface area contributed by atoms with Crippen molar-refractivity contribution in [2.45, 2.75) is 6.92 Å². The Morgan fingerprint density at radius 1 is 1.08 bits per heavy atom. The van der Waals surface area contributed by atoms with Gasteiger partial charge in [-0.2, -0.15) is 0 Å². The van der Waals surface area contributed by atoms with E-state index < -0.39 is 52.1 Å². The van der Waals surface area contributed by atoms with E-state index in [0.29, 0.717) is 6.07 Å². The van der Waals surface area contributed by atoms with Crippen molar-refractivity contribution in [1.82, 2.24) is 10.3 Å². The van der Waals surface area contributed by atoms with Gasteiger partial charge in [0.15, 0.2) is 0 Å². The Labute approximate surface area is 139 Å². The van der Waals surface area contributed by atoms with Gasteiger partial charge in [0.05, 0.1) is 11.3 Å². The molecule has 1 aromatic heterocycles. The maximum atomic E-state index is 12.1. The topological polar surface area (TPSA) is 171 Å². The first-order chi connectivity index (χ1) is 11.6. The van der Waals surface area contributed by atoms with Crippen LogP contribution in [0.3, 0.4) is 0 Å². The number of hydrogen-bond donors (Lipinski definition) is 4. The molecule has 0 saturated heterocycles. The van der Waals surface area contributed by atoms with E-state index in [2.05, 4.69) is 16.9 Å². The lowest BCUT2D eigenvalue weighted by molar-refractivity contribution is -0.132. The largest absolute Gasteiger partial charge is 0.478 e. The van der Waals surface area contributed by atoms with Crippen LogP contribution < -0.4 is 5.32 Å². The molecule has 0 aromatic carbocycles. The number of aliphatic carboxylic acids is 1. The molecule has 0 amide bonds. The van der Waals surface area contributed by atoms with Gasteiger partial charge in [0.1, 0.15) is 17.1 Å². The van der Waals surface area contributed by atoms with Crippen molar-refractivity contribution in [3.8, 4) is 0 Å². The van der Waals surface area contributed by atoms with Crippen LogP contribution in [-0.2, 0) is 9.59 Å². The number of carboxylic acid groups (broad SMARTS) is 3. The smallest absolute Gasteiger partial charge is 0.354 e. The fraction of sp³-hybridized carbons (Fsp3) is 0.0667. The minimum absolute atomic E-state index is 0.243. The van der Waals surface area contributed by atoms with Crippen molar-refractivity contribution in [2.24, 2.45) is 0 Å². The van der Waals surface area contributed by atoms with Crippen LogP contribution in [0.5, 0.6) is 0 Å². The van der Waals surface area contributed by atoms with Gasteiger partial charge >= 0.3 is 17.9 Å². The number of carbonyl (C=O) groups is 5. The van der Waals surface area contributed by atoms with Gasteiger partial charge in [-0.3, -0.25) is 9.59 Å². The normalized spacial score (nSPS) is 13.3. The summed E-state index contributed by atoms with van der Waals surface area (Å²) in [5.41, 5.74) is -3.53. The quantitative estimate of drug-likeness (QED) is 0.425. The molecule has 0 unspecified atom stereocenters. The number of carbonyl (C=O) groups excluding carboxylic acids is 2. The minimum atomic E-state index is -1.60. The maximum absolute atomic E-state index is 12.1. The molecule has 4 N–H and O–H groups in total. The average Bonchev–Trinajstić information content (AvgIpc) is 2.54. The van der Waals surface area contributed by atoms with Crippen molar-refractivity contribution in [3.05, 3.63) is 46.4 Å². The summed E-state index contributed by atoms with van der Waals surface area (Å²) >= 11 is 0. The summed E-state index contributed by atoms with van der Waals surface area (Å²) in [6, 6.07) is 0.713. The summed E-state index contributed by atoms with van der Waals surface area (Å²) in [4.78, 5) is 61.3. The first-order valence-electron chi connectivity index (χ1n) is 6.57. The highest BCUT2D eigenvalue weighted by atomic mass is 16.4.